The number of nitrogens with zero attached hydrogens (tertiary/aromatic N) is 1. The third-order valence-corrected chi connectivity index (χ3v) is 3.85. The van der Waals surface area contributed by atoms with Crippen molar-refractivity contribution in [1.82, 2.24) is 9.97 Å². The molecule has 1 aliphatic heterocycles. The molecule has 0 saturated carbocycles. The molecule has 0 saturated heterocycles. The van der Waals surface area contributed by atoms with Gasteiger partial charge in [0, 0.05) is 12.0 Å². The molecule has 3 rings (SSSR count). The molecular formula is C14H16BrN3O. The number of H-pyrrole nitrogens is 1. The topological polar surface area (TPSA) is 63.9 Å². The van der Waals surface area contributed by atoms with Gasteiger partial charge < -0.3 is 15.5 Å². The van der Waals surface area contributed by atoms with Gasteiger partial charge in [-0.05, 0) is 59.1 Å². The normalized spacial score (nSPS) is 14.0. The van der Waals surface area contributed by atoms with Crippen molar-refractivity contribution in [1.29, 1.82) is 0 Å². The second-order valence-corrected chi connectivity index (χ2v) is 5.45. The number of imidazole rings is 1. The first-order chi connectivity index (χ1) is 9.28. The lowest BCUT2D eigenvalue weighted by atomic mass is 10.0. The summed E-state index contributed by atoms with van der Waals surface area (Å²) in [6, 6.07) is 6.26. The van der Waals surface area contributed by atoms with E-state index in [-0.39, 0.29) is 0 Å². The first-order valence-electron chi connectivity index (χ1n) is 6.48. The molecule has 0 aliphatic carbocycles. The van der Waals surface area contributed by atoms with E-state index in [9.17, 15) is 0 Å². The lowest BCUT2D eigenvalue weighted by Crippen LogP contribution is -2.08. The summed E-state index contributed by atoms with van der Waals surface area (Å²) in [5.74, 6) is 1.92. The monoisotopic (exact) mass is 321 g/mol. The highest BCUT2D eigenvalue weighted by atomic mass is 79.9. The molecule has 0 amide bonds. The quantitative estimate of drug-likeness (QED) is 0.913. The Balaban J connectivity index is 1.97. The largest absolute Gasteiger partial charge is 0.493 e. The second-order valence-electron chi connectivity index (χ2n) is 4.66. The highest BCUT2D eigenvalue weighted by Crippen LogP contribution is 2.32. The minimum Gasteiger partial charge on any atom is -0.493 e. The van der Waals surface area contributed by atoms with Crippen LogP contribution in [0.25, 0.3) is 11.3 Å². The number of hydrogen-bond donors (Lipinski definition) is 2. The molecule has 3 N–H and O–H groups in total. The van der Waals surface area contributed by atoms with Crippen molar-refractivity contribution in [2.24, 2.45) is 5.73 Å². The number of nitrogens with one attached hydrogen (secondary N) is 1. The summed E-state index contributed by atoms with van der Waals surface area (Å²) in [6.45, 7) is 1.41. The lowest BCUT2D eigenvalue weighted by molar-refractivity contribution is 0.288. The fraction of sp³-hybridized carbons (Fsp3) is 0.357. The van der Waals surface area contributed by atoms with Crippen molar-refractivity contribution in [2.45, 2.75) is 19.3 Å². The molecule has 0 atom stereocenters. The van der Waals surface area contributed by atoms with Gasteiger partial charge in [0.25, 0.3) is 0 Å². The number of aromatic amines is 1. The van der Waals surface area contributed by atoms with E-state index in [1.807, 2.05) is 6.07 Å². The summed E-state index contributed by atoms with van der Waals surface area (Å²) in [7, 11) is 0. The van der Waals surface area contributed by atoms with Crippen molar-refractivity contribution in [3.63, 3.8) is 0 Å². The molecule has 0 fully saturated rings. The molecule has 0 radical (unpaired) electrons. The molecular weight excluding hydrogens is 306 g/mol. The number of aryl methyl sites for hydroxylation is 1. The number of aromatic nitrogens is 2. The minimum absolute atomic E-state index is 0.595. The third-order valence-electron chi connectivity index (χ3n) is 3.27. The van der Waals surface area contributed by atoms with Crippen LogP contribution in [0.4, 0.5) is 0 Å². The molecule has 19 heavy (non-hydrogen) atoms. The Morgan fingerprint density at radius 2 is 2.32 bits per heavy atom. The molecule has 5 heteroatoms. The molecule has 1 aromatic heterocycles. The first kappa shape index (κ1) is 12.7. The predicted octanol–water partition coefficient (Wildman–Crippen LogP) is 2.67. The number of hydrogen-bond acceptors (Lipinski definition) is 3. The van der Waals surface area contributed by atoms with Gasteiger partial charge in [0.2, 0.25) is 0 Å². The molecule has 0 spiro atoms. The van der Waals surface area contributed by atoms with Crippen LogP contribution >= 0.6 is 15.9 Å². The van der Waals surface area contributed by atoms with Gasteiger partial charge in [-0.25, -0.2) is 4.98 Å². The van der Waals surface area contributed by atoms with E-state index in [2.05, 4.69) is 38.0 Å². The van der Waals surface area contributed by atoms with Crippen LogP contribution in [0.1, 0.15) is 17.8 Å². The fourth-order valence-electron chi connectivity index (χ4n) is 2.35. The smallest absolute Gasteiger partial charge is 0.122 e. The van der Waals surface area contributed by atoms with E-state index in [0.717, 1.165) is 53.3 Å². The Morgan fingerprint density at radius 3 is 3.16 bits per heavy atom. The van der Waals surface area contributed by atoms with Crippen molar-refractivity contribution in [3.8, 4) is 17.0 Å². The van der Waals surface area contributed by atoms with Gasteiger partial charge in [0.05, 0.1) is 6.61 Å². The number of benzene rings is 1. The van der Waals surface area contributed by atoms with Crippen molar-refractivity contribution < 1.29 is 4.74 Å². The summed E-state index contributed by atoms with van der Waals surface area (Å²) < 4.78 is 6.54. The number of ether oxygens (including phenoxy) is 1. The van der Waals surface area contributed by atoms with Gasteiger partial charge in [0.15, 0.2) is 0 Å². The first-order valence-corrected chi connectivity index (χ1v) is 7.28. The van der Waals surface area contributed by atoms with E-state index >= 15 is 0 Å². The van der Waals surface area contributed by atoms with Gasteiger partial charge >= 0.3 is 0 Å². The van der Waals surface area contributed by atoms with Gasteiger partial charge in [-0.1, -0.05) is 0 Å². The van der Waals surface area contributed by atoms with Crippen molar-refractivity contribution in [2.75, 3.05) is 13.2 Å². The molecule has 4 nitrogen and oxygen atoms in total. The average molecular weight is 322 g/mol. The number of halogens is 1. The zero-order valence-electron chi connectivity index (χ0n) is 10.6. The fourth-order valence-corrected chi connectivity index (χ4v) is 2.90. The van der Waals surface area contributed by atoms with E-state index in [4.69, 9.17) is 10.5 Å². The van der Waals surface area contributed by atoms with Crippen LogP contribution in [0.3, 0.4) is 0 Å². The Morgan fingerprint density at radius 1 is 1.42 bits per heavy atom. The predicted molar refractivity (Wildman–Crippen MR) is 78.3 cm³/mol. The van der Waals surface area contributed by atoms with E-state index in [1.54, 1.807) is 0 Å². The lowest BCUT2D eigenvalue weighted by Gasteiger charge is -2.17. The van der Waals surface area contributed by atoms with Crippen LogP contribution in [-0.2, 0) is 12.8 Å². The standard InChI is InChI=1S/C14H16BrN3O/c15-14-13(17-12(18-14)5-6-16)10-3-4-11-9(8-10)2-1-7-19-11/h3-4,8H,1-2,5-7,16H2,(H,17,18). The molecule has 100 valence electrons. The molecule has 0 unspecified atom stereocenters. The van der Waals surface area contributed by atoms with E-state index < -0.39 is 0 Å². The SMILES string of the molecule is NCCc1nc(-c2ccc3c(c2)CCCO3)c(Br)[nH]1. The maximum Gasteiger partial charge on any atom is 0.122 e. The Hall–Kier alpha value is -1.33. The van der Waals surface area contributed by atoms with Crippen LogP contribution in [0.15, 0.2) is 22.8 Å². The van der Waals surface area contributed by atoms with E-state index in [1.165, 1.54) is 5.56 Å². The third kappa shape index (κ3) is 2.53. The average Bonchev–Trinajstić information content (AvgIpc) is 2.79. The molecule has 2 aromatic rings. The summed E-state index contributed by atoms with van der Waals surface area (Å²) >= 11 is 3.53. The molecule has 0 bridgehead atoms. The maximum absolute atomic E-state index is 5.63. The summed E-state index contributed by atoms with van der Waals surface area (Å²) in [5.41, 5.74) is 8.87. The minimum atomic E-state index is 0.595. The molecule has 1 aliphatic rings. The second kappa shape index (κ2) is 5.35. The summed E-state index contributed by atoms with van der Waals surface area (Å²) in [6.07, 6.45) is 2.91. The Kier molecular flexibility index (Phi) is 3.57. The van der Waals surface area contributed by atoms with Crippen LogP contribution in [-0.4, -0.2) is 23.1 Å². The van der Waals surface area contributed by atoms with Gasteiger partial charge in [-0.15, -0.1) is 0 Å². The van der Waals surface area contributed by atoms with Crippen molar-refractivity contribution in [3.05, 3.63) is 34.2 Å². The molecule has 2 heterocycles. The number of rotatable bonds is 3. The number of fused-ring (bicyclic) bond motifs is 1. The number of nitrogens with two attached hydrogens (primary N) is 1. The Bertz CT molecular complexity index is 594. The van der Waals surface area contributed by atoms with Gasteiger partial charge in [-0.2, -0.15) is 0 Å². The highest BCUT2D eigenvalue weighted by Gasteiger charge is 2.14. The van der Waals surface area contributed by atoms with E-state index in [0.29, 0.717) is 6.54 Å². The van der Waals surface area contributed by atoms with Crippen LogP contribution in [0.5, 0.6) is 5.75 Å². The Labute approximate surface area is 120 Å². The van der Waals surface area contributed by atoms with Crippen molar-refractivity contribution >= 4 is 15.9 Å². The zero-order chi connectivity index (χ0) is 13.2. The van der Waals surface area contributed by atoms with Gasteiger partial charge in [0.1, 0.15) is 21.9 Å². The van der Waals surface area contributed by atoms with Crippen LogP contribution in [0.2, 0.25) is 0 Å². The van der Waals surface area contributed by atoms with Crippen LogP contribution in [0, 0.1) is 0 Å². The summed E-state index contributed by atoms with van der Waals surface area (Å²) in [4.78, 5) is 7.81. The summed E-state index contributed by atoms with van der Waals surface area (Å²) in [5, 5.41) is 0. The van der Waals surface area contributed by atoms with Crippen LogP contribution < -0.4 is 10.5 Å². The zero-order valence-corrected chi connectivity index (χ0v) is 12.2. The van der Waals surface area contributed by atoms with Gasteiger partial charge in [-0.3, -0.25) is 0 Å². The maximum atomic E-state index is 5.63. The molecule has 1 aromatic carbocycles. The highest BCUT2D eigenvalue weighted by molar-refractivity contribution is 9.10.